The van der Waals surface area contributed by atoms with Gasteiger partial charge >= 0.3 is 10.4 Å². The second-order valence-electron chi connectivity index (χ2n) is 5.98. The fourth-order valence-electron chi connectivity index (χ4n) is 2.55. The van der Waals surface area contributed by atoms with Crippen molar-refractivity contribution in [1.29, 1.82) is 0 Å². The Kier molecular flexibility index (Phi) is 12.5. The Morgan fingerprint density at radius 2 is 0.862 bits per heavy atom. The summed E-state index contributed by atoms with van der Waals surface area (Å²) in [6.07, 6.45) is 0. The van der Waals surface area contributed by atoms with Crippen molar-refractivity contribution in [3.63, 3.8) is 0 Å². The van der Waals surface area contributed by atoms with E-state index in [-0.39, 0.29) is 0 Å². The van der Waals surface area contributed by atoms with Gasteiger partial charge in [0.25, 0.3) is 0 Å². The van der Waals surface area contributed by atoms with Crippen molar-refractivity contribution < 1.29 is 17.5 Å². The summed E-state index contributed by atoms with van der Waals surface area (Å²) in [5, 5.41) is 0. The number of hydrogen-bond donors (Lipinski definition) is 4. The summed E-state index contributed by atoms with van der Waals surface area (Å²) >= 11 is 0. The SMILES string of the molecule is CCN(CC)c1ccc(N)cc1.CCN(CC)c1ccc(N)cc1.O=S(=O)(O)O. The van der Waals surface area contributed by atoms with Gasteiger partial charge in [-0.3, -0.25) is 9.11 Å². The Labute approximate surface area is 174 Å². The summed E-state index contributed by atoms with van der Waals surface area (Å²) in [4.78, 5) is 4.58. The lowest BCUT2D eigenvalue weighted by Crippen LogP contribution is -2.21. The molecule has 0 fully saturated rings. The summed E-state index contributed by atoms with van der Waals surface area (Å²) in [5.41, 5.74) is 15.3. The van der Waals surface area contributed by atoms with Crippen LogP contribution in [0.25, 0.3) is 0 Å². The van der Waals surface area contributed by atoms with Gasteiger partial charge in [-0.1, -0.05) is 0 Å². The molecular weight excluding hydrogens is 392 g/mol. The van der Waals surface area contributed by atoms with E-state index in [1.807, 2.05) is 24.3 Å². The van der Waals surface area contributed by atoms with E-state index in [0.29, 0.717) is 0 Å². The first-order valence-corrected chi connectivity index (χ1v) is 10.9. The van der Waals surface area contributed by atoms with E-state index < -0.39 is 10.4 Å². The molecule has 0 bridgehead atoms. The van der Waals surface area contributed by atoms with Crippen molar-refractivity contribution in [2.45, 2.75) is 27.7 Å². The molecule has 0 aromatic heterocycles. The average molecular weight is 427 g/mol. The van der Waals surface area contributed by atoms with Gasteiger partial charge in [0.2, 0.25) is 0 Å². The molecule has 0 radical (unpaired) electrons. The summed E-state index contributed by atoms with van der Waals surface area (Å²) in [7, 11) is -4.67. The molecule has 0 aliphatic heterocycles. The predicted octanol–water partition coefficient (Wildman–Crippen LogP) is 3.58. The van der Waals surface area contributed by atoms with Crippen molar-refractivity contribution in [2.24, 2.45) is 0 Å². The van der Waals surface area contributed by atoms with E-state index in [2.05, 4.69) is 61.8 Å². The molecule has 2 aromatic carbocycles. The third-order valence-corrected chi connectivity index (χ3v) is 4.04. The van der Waals surface area contributed by atoms with Gasteiger partial charge in [0.15, 0.2) is 0 Å². The molecule has 0 saturated carbocycles. The maximum atomic E-state index is 8.74. The van der Waals surface area contributed by atoms with Crippen LogP contribution in [-0.4, -0.2) is 43.7 Å². The van der Waals surface area contributed by atoms with Crippen LogP contribution in [0.3, 0.4) is 0 Å². The highest BCUT2D eigenvalue weighted by atomic mass is 32.3. The van der Waals surface area contributed by atoms with Crippen LogP contribution in [0, 0.1) is 0 Å². The van der Waals surface area contributed by atoms with Gasteiger partial charge in [-0.2, -0.15) is 8.42 Å². The summed E-state index contributed by atoms with van der Waals surface area (Å²) < 4.78 is 31.6. The maximum Gasteiger partial charge on any atom is 0.394 e. The van der Waals surface area contributed by atoms with Gasteiger partial charge in [0, 0.05) is 48.9 Å². The highest BCUT2D eigenvalue weighted by Crippen LogP contribution is 2.16. The number of rotatable bonds is 6. The molecule has 0 saturated heterocycles. The highest BCUT2D eigenvalue weighted by molar-refractivity contribution is 7.79. The zero-order chi connectivity index (χ0) is 22.4. The molecule has 0 spiro atoms. The van der Waals surface area contributed by atoms with Gasteiger partial charge in [0.05, 0.1) is 0 Å². The highest BCUT2D eigenvalue weighted by Gasteiger charge is 2.00. The predicted molar refractivity (Wildman–Crippen MR) is 123 cm³/mol. The molecule has 8 nitrogen and oxygen atoms in total. The second-order valence-corrected chi connectivity index (χ2v) is 6.87. The van der Waals surface area contributed by atoms with Crippen LogP contribution in [0.2, 0.25) is 0 Å². The lowest BCUT2D eigenvalue weighted by atomic mass is 10.2. The minimum absolute atomic E-state index is 0.825. The van der Waals surface area contributed by atoms with Gasteiger partial charge < -0.3 is 21.3 Å². The molecule has 0 aliphatic rings. The minimum Gasteiger partial charge on any atom is -0.399 e. The molecule has 6 N–H and O–H groups in total. The smallest absolute Gasteiger partial charge is 0.394 e. The monoisotopic (exact) mass is 426 g/mol. The molecule has 9 heteroatoms. The average Bonchev–Trinajstić information content (AvgIpc) is 2.66. The summed E-state index contributed by atoms with van der Waals surface area (Å²) in [6.45, 7) is 12.8. The molecule has 2 aromatic rings. The molecule has 29 heavy (non-hydrogen) atoms. The van der Waals surface area contributed by atoms with Crippen molar-refractivity contribution in [1.82, 2.24) is 0 Å². The first-order valence-electron chi connectivity index (χ1n) is 9.46. The van der Waals surface area contributed by atoms with Gasteiger partial charge in [0.1, 0.15) is 0 Å². The molecule has 0 aliphatic carbocycles. The Bertz CT molecular complexity index is 712. The molecule has 0 heterocycles. The van der Waals surface area contributed by atoms with E-state index in [9.17, 15) is 0 Å². The van der Waals surface area contributed by atoms with Gasteiger partial charge in [-0.15, -0.1) is 0 Å². The molecule has 164 valence electrons. The lowest BCUT2D eigenvalue weighted by Gasteiger charge is -2.20. The Morgan fingerprint density at radius 3 is 1.03 bits per heavy atom. The fraction of sp³-hybridized carbons (Fsp3) is 0.400. The van der Waals surface area contributed by atoms with Crippen molar-refractivity contribution in [2.75, 3.05) is 47.4 Å². The van der Waals surface area contributed by atoms with Crippen LogP contribution >= 0.6 is 0 Å². The number of benzene rings is 2. The number of nitrogens with two attached hydrogens (primary N) is 2. The van der Waals surface area contributed by atoms with E-state index in [4.69, 9.17) is 29.0 Å². The first kappa shape index (κ1) is 26.5. The van der Waals surface area contributed by atoms with E-state index in [1.54, 1.807) is 0 Å². The van der Waals surface area contributed by atoms with Crippen LogP contribution in [0.15, 0.2) is 48.5 Å². The zero-order valence-corrected chi connectivity index (χ0v) is 18.4. The van der Waals surface area contributed by atoms with Crippen molar-refractivity contribution in [3.05, 3.63) is 48.5 Å². The van der Waals surface area contributed by atoms with Crippen LogP contribution in [0.5, 0.6) is 0 Å². The molecule has 0 amide bonds. The van der Waals surface area contributed by atoms with Crippen molar-refractivity contribution in [3.8, 4) is 0 Å². The standard InChI is InChI=1S/2C10H16N2.H2O4S/c2*1-3-12(4-2)10-7-5-9(11)6-8-10;1-5(2,3)4/h2*5-8H,3-4,11H2,1-2H3;(H2,1,2,3,4). The molecule has 2 rings (SSSR count). The fourth-order valence-corrected chi connectivity index (χ4v) is 2.55. The number of anilines is 4. The third kappa shape index (κ3) is 12.6. The molecule has 0 atom stereocenters. The van der Waals surface area contributed by atoms with E-state index in [0.717, 1.165) is 37.6 Å². The largest absolute Gasteiger partial charge is 0.399 e. The summed E-state index contributed by atoms with van der Waals surface area (Å²) in [6, 6.07) is 16.0. The van der Waals surface area contributed by atoms with E-state index in [1.165, 1.54) is 11.4 Å². The summed E-state index contributed by atoms with van der Waals surface area (Å²) in [5.74, 6) is 0. The second kappa shape index (κ2) is 13.6. The van der Waals surface area contributed by atoms with Crippen molar-refractivity contribution >= 4 is 33.1 Å². The van der Waals surface area contributed by atoms with Crippen LogP contribution in [0.4, 0.5) is 22.7 Å². The van der Waals surface area contributed by atoms with Crippen LogP contribution in [0.1, 0.15) is 27.7 Å². The number of nitrogens with zero attached hydrogens (tertiary/aromatic N) is 2. The first-order chi connectivity index (χ1) is 13.5. The van der Waals surface area contributed by atoms with Gasteiger partial charge in [-0.05, 0) is 76.2 Å². The normalized spacial score (nSPS) is 10.1. The maximum absolute atomic E-state index is 8.74. The van der Waals surface area contributed by atoms with Crippen LogP contribution < -0.4 is 21.3 Å². The number of hydrogen-bond acceptors (Lipinski definition) is 6. The lowest BCUT2D eigenvalue weighted by molar-refractivity contribution is 0.381. The Morgan fingerprint density at radius 1 is 0.655 bits per heavy atom. The topological polar surface area (TPSA) is 133 Å². The zero-order valence-electron chi connectivity index (χ0n) is 17.6. The Hall–Kier alpha value is -2.49. The van der Waals surface area contributed by atoms with Gasteiger partial charge in [-0.25, -0.2) is 0 Å². The Balaban J connectivity index is 0.000000442. The third-order valence-electron chi connectivity index (χ3n) is 4.04. The minimum atomic E-state index is -4.67. The number of nitrogen functional groups attached to an aromatic ring is 2. The van der Waals surface area contributed by atoms with Crippen LogP contribution in [-0.2, 0) is 10.4 Å². The van der Waals surface area contributed by atoms with E-state index >= 15 is 0 Å². The quantitative estimate of drug-likeness (QED) is 0.407. The molecular formula is C20H34N4O4S. The molecule has 0 unspecified atom stereocenters.